The molecule has 62 valence electrons. The van der Waals surface area contributed by atoms with Crippen LogP contribution in [0.25, 0.3) is 11.0 Å². The van der Waals surface area contributed by atoms with Crippen LogP contribution in [0.1, 0.15) is 0 Å². The molecule has 0 aliphatic rings. The maximum absolute atomic E-state index is 4.23. The third kappa shape index (κ3) is 0.922. The standard InChI is InChI=1S/C8H10N4/c1-12(2)8-7-6(10-11-8)4-3-5-9-7/h3-5H,1-2H3,(H,10,11). The fourth-order valence-corrected chi connectivity index (χ4v) is 1.15. The SMILES string of the molecule is CN(C)c1n[nH]c2cccnc12. The molecular formula is C8H10N4. The first-order chi connectivity index (χ1) is 5.79. The molecule has 2 rings (SSSR count). The average molecular weight is 162 g/mol. The summed E-state index contributed by atoms with van der Waals surface area (Å²) in [5.74, 6) is 0.880. The molecule has 0 unspecified atom stereocenters. The summed E-state index contributed by atoms with van der Waals surface area (Å²) in [5.41, 5.74) is 1.89. The van der Waals surface area contributed by atoms with Gasteiger partial charge < -0.3 is 4.90 Å². The number of H-pyrrole nitrogens is 1. The number of aromatic nitrogens is 3. The Labute approximate surface area is 70.2 Å². The average Bonchev–Trinajstić information content (AvgIpc) is 2.47. The lowest BCUT2D eigenvalue weighted by molar-refractivity contribution is 1.02. The van der Waals surface area contributed by atoms with E-state index in [-0.39, 0.29) is 0 Å². The van der Waals surface area contributed by atoms with Crippen LogP contribution in [0.5, 0.6) is 0 Å². The maximum Gasteiger partial charge on any atom is 0.176 e. The minimum Gasteiger partial charge on any atom is -0.359 e. The van der Waals surface area contributed by atoms with E-state index in [0.29, 0.717) is 0 Å². The molecule has 0 saturated carbocycles. The van der Waals surface area contributed by atoms with Crippen molar-refractivity contribution >= 4 is 16.9 Å². The summed E-state index contributed by atoms with van der Waals surface area (Å²) in [4.78, 5) is 6.16. The summed E-state index contributed by atoms with van der Waals surface area (Å²) in [6.07, 6.45) is 1.77. The van der Waals surface area contributed by atoms with Crippen molar-refractivity contribution in [2.75, 3.05) is 19.0 Å². The zero-order valence-corrected chi connectivity index (χ0v) is 7.07. The number of anilines is 1. The fraction of sp³-hybridized carbons (Fsp3) is 0.250. The third-order valence-corrected chi connectivity index (χ3v) is 1.73. The van der Waals surface area contributed by atoms with E-state index in [4.69, 9.17) is 0 Å². The van der Waals surface area contributed by atoms with Crippen LogP contribution < -0.4 is 4.90 Å². The molecule has 0 radical (unpaired) electrons. The highest BCUT2D eigenvalue weighted by atomic mass is 15.3. The molecule has 2 aromatic rings. The van der Waals surface area contributed by atoms with Gasteiger partial charge in [0.2, 0.25) is 0 Å². The van der Waals surface area contributed by atoms with Crippen molar-refractivity contribution in [3.05, 3.63) is 18.3 Å². The first-order valence-electron chi connectivity index (χ1n) is 3.75. The van der Waals surface area contributed by atoms with Gasteiger partial charge in [-0.25, -0.2) is 0 Å². The van der Waals surface area contributed by atoms with E-state index in [9.17, 15) is 0 Å². The minimum atomic E-state index is 0.880. The lowest BCUT2D eigenvalue weighted by atomic mass is 10.4. The molecule has 0 aliphatic carbocycles. The number of fused-ring (bicyclic) bond motifs is 1. The zero-order valence-electron chi connectivity index (χ0n) is 7.07. The molecule has 4 nitrogen and oxygen atoms in total. The van der Waals surface area contributed by atoms with Gasteiger partial charge in [0.25, 0.3) is 0 Å². The van der Waals surface area contributed by atoms with Crippen molar-refractivity contribution in [1.29, 1.82) is 0 Å². The van der Waals surface area contributed by atoms with Gasteiger partial charge >= 0.3 is 0 Å². The number of hydrogen-bond acceptors (Lipinski definition) is 3. The Balaban J connectivity index is 2.70. The number of aromatic amines is 1. The molecule has 2 aromatic heterocycles. The van der Waals surface area contributed by atoms with Crippen LogP contribution in [-0.4, -0.2) is 29.3 Å². The third-order valence-electron chi connectivity index (χ3n) is 1.73. The maximum atomic E-state index is 4.23. The Morgan fingerprint density at radius 1 is 1.42 bits per heavy atom. The van der Waals surface area contributed by atoms with Gasteiger partial charge in [-0.15, -0.1) is 0 Å². The number of hydrogen-bond donors (Lipinski definition) is 1. The molecule has 2 heterocycles. The van der Waals surface area contributed by atoms with Crippen LogP contribution in [0.15, 0.2) is 18.3 Å². The highest BCUT2D eigenvalue weighted by molar-refractivity contribution is 5.85. The van der Waals surface area contributed by atoms with Crippen LogP contribution in [0.4, 0.5) is 5.82 Å². The molecule has 0 fully saturated rings. The summed E-state index contributed by atoms with van der Waals surface area (Å²) < 4.78 is 0. The van der Waals surface area contributed by atoms with E-state index in [1.807, 2.05) is 31.1 Å². The van der Waals surface area contributed by atoms with Crippen molar-refractivity contribution in [3.63, 3.8) is 0 Å². The van der Waals surface area contributed by atoms with Crippen molar-refractivity contribution in [1.82, 2.24) is 15.2 Å². The second-order valence-electron chi connectivity index (χ2n) is 2.84. The summed E-state index contributed by atoms with van der Waals surface area (Å²) in [6.45, 7) is 0. The summed E-state index contributed by atoms with van der Waals surface area (Å²) in [6, 6.07) is 3.85. The number of rotatable bonds is 1. The molecule has 0 spiro atoms. The van der Waals surface area contributed by atoms with E-state index in [1.54, 1.807) is 6.20 Å². The summed E-state index contributed by atoms with van der Waals surface area (Å²) in [5, 5.41) is 7.05. The second-order valence-corrected chi connectivity index (χ2v) is 2.84. The van der Waals surface area contributed by atoms with Crippen molar-refractivity contribution in [2.45, 2.75) is 0 Å². The summed E-state index contributed by atoms with van der Waals surface area (Å²) >= 11 is 0. The highest BCUT2D eigenvalue weighted by Gasteiger charge is 2.06. The monoisotopic (exact) mass is 162 g/mol. The Morgan fingerprint density at radius 3 is 3.00 bits per heavy atom. The molecule has 1 N–H and O–H groups in total. The smallest absolute Gasteiger partial charge is 0.176 e. The van der Waals surface area contributed by atoms with Gasteiger partial charge in [0.15, 0.2) is 5.82 Å². The summed E-state index contributed by atoms with van der Waals surface area (Å²) in [7, 11) is 3.90. The van der Waals surface area contributed by atoms with E-state index >= 15 is 0 Å². The number of pyridine rings is 1. The molecule has 0 aromatic carbocycles. The normalized spacial score (nSPS) is 10.5. The largest absolute Gasteiger partial charge is 0.359 e. The van der Waals surface area contributed by atoms with Crippen molar-refractivity contribution in [2.24, 2.45) is 0 Å². The van der Waals surface area contributed by atoms with Gasteiger partial charge in [0, 0.05) is 20.3 Å². The van der Waals surface area contributed by atoms with Gasteiger partial charge in [-0.3, -0.25) is 10.1 Å². The molecule has 0 amide bonds. The van der Waals surface area contributed by atoms with Gasteiger partial charge in [0.1, 0.15) is 5.52 Å². The predicted molar refractivity (Wildman–Crippen MR) is 48.2 cm³/mol. The molecule has 4 heteroatoms. The number of nitrogens with zero attached hydrogens (tertiary/aromatic N) is 3. The van der Waals surface area contributed by atoms with Crippen LogP contribution in [0.2, 0.25) is 0 Å². The van der Waals surface area contributed by atoms with E-state index in [1.165, 1.54) is 0 Å². The first kappa shape index (κ1) is 7.09. The van der Waals surface area contributed by atoms with Gasteiger partial charge in [-0.05, 0) is 12.1 Å². The Kier molecular flexibility index (Phi) is 1.46. The lowest BCUT2D eigenvalue weighted by Crippen LogP contribution is -2.09. The number of nitrogens with one attached hydrogen (secondary N) is 1. The van der Waals surface area contributed by atoms with Crippen LogP contribution in [0, 0.1) is 0 Å². The van der Waals surface area contributed by atoms with E-state index in [0.717, 1.165) is 16.9 Å². The second kappa shape index (κ2) is 2.48. The van der Waals surface area contributed by atoms with Crippen LogP contribution in [0.3, 0.4) is 0 Å². The lowest BCUT2D eigenvalue weighted by Gasteiger charge is -2.06. The molecule has 0 atom stereocenters. The molecule has 12 heavy (non-hydrogen) atoms. The van der Waals surface area contributed by atoms with Gasteiger partial charge in [0.05, 0.1) is 5.52 Å². The predicted octanol–water partition coefficient (Wildman–Crippen LogP) is 1.02. The van der Waals surface area contributed by atoms with E-state index < -0.39 is 0 Å². The van der Waals surface area contributed by atoms with Gasteiger partial charge in [-0.2, -0.15) is 5.10 Å². The van der Waals surface area contributed by atoms with Crippen LogP contribution >= 0.6 is 0 Å². The first-order valence-corrected chi connectivity index (χ1v) is 3.75. The zero-order chi connectivity index (χ0) is 8.55. The quantitative estimate of drug-likeness (QED) is 0.681. The molecular weight excluding hydrogens is 152 g/mol. The molecule has 0 bridgehead atoms. The Hall–Kier alpha value is -1.58. The topological polar surface area (TPSA) is 44.8 Å². The Morgan fingerprint density at radius 2 is 2.25 bits per heavy atom. The minimum absolute atomic E-state index is 0.880. The van der Waals surface area contributed by atoms with Crippen molar-refractivity contribution in [3.8, 4) is 0 Å². The highest BCUT2D eigenvalue weighted by Crippen LogP contribution is 2.18. The molecule has 0 saturated heterocycles. The Bertz CT molecular complexity index is 391. The van der Waals surface area contributed by atoms with Gasteiger partial charge in [-0.1, -0.05) is 0 Å². The van der Waals surface area contributed by atoms with Crippen LogP contribution in [-0.2, 0) is 0 Å². The van der Waals surface area contributed by atoms with E-state index in [2.05, 4.69) is 15.2 Å². The van der Waals surface area contributed by atoms with Crippen molar-refractivity contribution < 1.29 is 0 Å². The molecule has 0 aliphatic heterocycles. The fourth-order valence-electron chi connectivity index (χ4n) is 1.15.